The van der Waals surface area contributed by atoms with Crippen LogP contribution < -0.4 is 0 Å². The van der Waals surface area contributed by atoms with Gasteiger partial charge in [0.1, 0.15) is 0 Å². The molecule has 0 saturated carbocycles. The average molecular weight is 238 g/mol. The van der Waals surface area contributed by atoms with E-state index in [2.05, 4.69) is 63.3 Å². The van der Waals surface area contributed by atoms with Gasteiger partial charge in [-0.1, -0.05) is 63.3 Å². The van der Waals surface area contributed by atoms with E-state index in [-0.39, 0.29) is 10.8 Å². The highest BCUT2D eigenvalue weighted by atomic mass is 14.5. The summed E-state index contributed by atoms with van der Waals surface area (Å²) in [5, 5.41) is 0. The van der Waals surface area contributed by atoms with Gasteiger partial charge in [-0.15, -0.1) is 0 Å². The van der Waals surface area contributed by atoms with Gasteiger partial charge in [-0.2, -0.15) is 0 Å². The minimum Gasteiger partial charge on any atom is -0.0839 e. The molecule has 1 unspecified atom stereocenters. The van der Waals surface area contributed by atoms with Crippen LogP contribution in [-0.4, -0.2) is 0 Å². The van der Waals surface area contributed by atoms with E-state index in [9.17, 15) is 0 Å². The van der Waals surface area contributed by atoms with Crippen molar-refractivity contribution >= 4 is 0 Å². The first-order chi connectivity index (χ1) is 8.54. The molecule has 94 valence electrons. The van der Waals surface area contributed by atoms with Crippen LogP contribution in [0.25, 0.3) is 0 Å². The maximum Gasteiger partial charge on any atom is 0.0182 e. The predicted octanol–water partition coefficient (Wildman–Crippen LogP) is 4.90. The molecule has 0 amide bonds. The molecular formula is C18H22. The Hall–Kier alpha value is -1.30. The van der Waals surface area contributed by atoms with E-state index in [1.807, 2.05) is 0 Å². The Morgan fingerprint density at radius 2 is 1.67 bits per heavy atom. The normalized spacial score (nSPS) is 28.9. The molecule has 0 aromatic heterocycles. The Morgan fingerprint density at radius 3 is 2.33 bits per heavy atom. The van der Waals surface area contributed by atoms with E-state index in [1.54, 1.807) is 0 Å². The van der Waals surface area contributed by atoms with E-state index in [0.717, 1.165) is 0 Å². The van der Waals surface area contributed by atoms with Crippen LogP contribution >= 0.6 is 0 Å². The Bertz CT molecular complexity index is 531. The maximum absolute atomic E-state index is 2.44. The highest BCUT2D eigenvalue weighted by Crippen LogP contribution is 2.53. The van der Waals surface area contributed by atoms with Gasteiger partial charge in [-0.25, -0.2) is 0 Å². The lowest BCUT2D eigenvalue weighted by Crippen LogP contribution is -2.24. The first kappa shape index (κ1) is 11.8. The van der Waals surface area contributed by atoms with Crippen molar-refractivity contribution in [1.29, 1.82) is 0 Å². The smallest absolute Gasteiger partial charge is 0.0182 e. The molecule has 0 radical (unpaired) electrons. The standard InChI is InChI=1S/C18H22/c1-17(2)13-18(3,14-9-5-4-6-10-14)16-12-8-7-11-15(16)17/h5,7-12H,4,6,13H2,1-3H3. The van der Waals surface area contributed by atoms with Crippen molar-refractivity contribution in [2.75, 3.05) is 0 Å². The lowest BCUT2D eigenvalue weighted by molar-refractivity contribution is 0.423. The molecule has 0 bridgehead atoms. The summed E-state index contributed by atoms with van der Waals surface area (Å²) < 4.78 is 0. The van der Waals surface area contributed by atoms with Gasteiger partial charge in [0, 0.05) is 5.41 Å². The van der Waals surface area contributed by atoms with Crippen LogP contribution in [0.1, 0.15) is 51.2 Å². The quantitative estimate of drug-likeness (QED) is 0.652. The van der Waals surface area contributed by atoms with E-state index in [0.29, 0.717) is 0 Å². The van der Waals surface area contributed by atoms with Crippen LogP contribution in [0.5, 0.6) is 0 Å². The lowest BCUT2D eigenvalue weighted by Gasteiger charge is -2.30. The van der Waals surface area contributed by atoms with E-state index in [1.165, 1.54) is 36.0 Å². The third-order valence-corrected chi connectivity index (χ3v) is 4.68. The van der Waals surface area contributed by atoms with Gasteiger partial charge in [0.25, 0.3) is 0 Å². The van der Waals surface area contributed by atoms with Crippen LogP contribution in [0, 0.1) is 0 Å². The lowest BCUT2D eigenvalue weighted by atomic mass is 9.73. The summed E-state index contributed by atoms with van der Waals surface area (Å²) in [6, 6.07) is 9.00. The molecule has 0 spiro atoms. The average Bonchev–Trinajstić information content (AvgIpc) is 2.60. The number of allylic oxidation sites excluding steroid dienone is 4. The monoisotopic (exact) mass is 238 g/mol. The molecule has 1 atom stereocenters. The highest BCUT2D eigenvalue weighted by Gasteiger charge is 2.45. The van der Waals surface area contributed by atoms with Gasteiger partial charge in [0.15, 0.2) is 0 Å². The number of hydrogen-bond acceptors (Lipinski definition) is 0. The Labute approximate surface area is 110 Å². The van der Waals surface area contributed by atoms with E-state index >= 15 is 0 Å². The molecular weight excluding hydrogens is 216 g/mol. The van der Waals surface area contributed by atoms with Crippen molar-refractivity contribution in [1.82, 2.24) is 0 Å². The van der Waals surface area contributed by atoms with Crippen molar-refractivity contribution in [3.63, 3.8) is 0 Å². The Morgan fingerprint density at radius 1 is 0.944 bits per heavy atom. The summed E-state index contributed by atoms with van der Waals surface area (Å²) in [5.41, 5.74) is 5.08. The molecule has 0 nitrogen and oxygen atoms in total. The number of benzene rings is 1. The molecule has 2 aliphatic rings. The second-order valence-electron chi connectivity index (χ2n) is 6.58. The van der Waals surface area contributed by atoms with Crippen LogP contribution in [0.15, 0.2) is 48.1 Å². The van der Waals surface area contributed by atoms with Crippen molar-refractivity contribution in [3.05, 3.63) is 59.2 Å². The van der Waals surface area contributed by atoms with E-state index in [4.69, 9.17) is 0 Å². The summed E-state index contributed by atoms with van der Waals surface area (Å²) in [6.07, 6.45) is 10.7. The zero-order chi connectivity index (χ0) is 12.8. The summed E-state index contributed by atoms with van der Waals surface area (Å²) >= 11 is 0. The second kappa shape index (κ2) is 3.85. The molecule has 18 heavy (non-hydrogen) atoms. The van der Waals surface area contributed by atoms with Gasteiger partial charge in [-0.05, 0) is 41.4 Å². The van der Waals surface area contributed by atoms with Crippen LogP contribution in [0.2, 0.25) is 0 Å². The topological polar surface area (TPSA) is 0 Å². The zero-order valence-electron chi connectivity index (χ0n) is 11.7. The summed E-state index contributed by atoms with van der Waals surface area (Å²) in [5.74, 6) is 0. The second-order valence-corrected chi connectivity index (χ2v) is 6.58. The molecule has 3 rings (SSSR count). The summed E-state index contributed by atoms with van der Waals surface area (Å²) in [6.45, 7) is 7.18. The van der Waals surface area contributed by atoms with Gasteiger partial charge in [0.2, 0.25) is 0 Å². The zero-order valence-corrected chi connectivity index (χ0v) is 11.7. The minimum absolute atomic E-state index is 0.205. The van der Waals surface area contributed by atoms with Crippen LogP contribution in [-0.2, 0) is 10.8 Å². The fraction of sp³-hybridized carbons (Fsp3) is 0.444. The Balaban J connectivity index is 2.15. The molecule has 0 N–H and O–H groups in total. The first-order valence-electron chi connectivity index (χ1n) is 7.01. The molecule has 1 aromatic rings. The molecule has 0 saturated heterocycles. The van der Waals surface area contributed by atoms with Crippen LogP contribution in [0.3, 0.4) is 0 Å². The molecule has 2 aliphatic carbocycles. The van der Waals surface area contributed by atoms with Crippen molar-refractivity contribution in [2.24, 2.45) is 0 Å². The van der Waals surface area contributed by atoms with Gasteiger partial charge in [-0.3, -0.25) is 0 Å². The van der Waals surface area contributed by atoms with Gasteiger partial charge < -0.3 is 0 Å². The van der Waals surface area contributed by atoms with Crippen LogP contribution in [0.4, 0.5) is 0 Å². The molecule has 0 fully saturated rings. The molecule has 0 heteroatoms. The summed E-state index contributed by atoms with van der Waals surface area (Å²) in [7, 11) is 0. The third-order valence-electron chi connectivity index (χ3n) is 4.68. The first-order valence-corrected chi connectivity index (χ1v) is 7.01. The van der Waals surface area contributed by atoms with E-state index < -0.39 is 0 Å². The van der Waals surface area contributed by atoms with Gasteiger partial charge in [0.05, 0.1) is 0 Å². The predicted molar refractivity (Wildman–Crippen MR) is 77.9 cm³/mol. The van der Waals surface area contributed by atoms with Gasteiger partial charge >= 0.3 is 0 Å². The molecule has 0 aliphatic heterocycles. The number of hydrogen-bond donors (Lipinski definition) is 0. The number of rotatable bonds is 1. The highest BCUT2D eigenvalue weighted by molar-refractivity contribution is 5.53. The number of fused-ring (bicyclic) bond motifs is 1. The Kier molecular flexibility index (Phi) is 2.52. The van der Waals surface area contributed by atoms with Crippen molar-refractivity contribution < 1.29 is 0 Å². The fourth-order valence-corrected chi connectivity index (χ4v) is 3.91. The summed E-state index contributed by atoms with van der Waals surface area (Å²) in [4.78, 5) is 0. The van der Waals surface area contributed by atoms with Crippen molar-refractivity contribution in [2.45, 2.75) is 50.9 Å². The molecule has 0 heterocycles. The third kappa shape index (κ3) is 1.59. The maximum atomic E-state index is 2.44. The fourth-order valence-electron chi connectivity index (χ4n) is 3.91. The molecule has 1 aromatic carbocycles. The largest absolute Gasteiger partial charge is 0.0839 e. The SMILES string of the molecule is CC1(C)CC(C)(C2=CCCC=C2)c2ccccc21. The minimum atomic E-state index is 0.205. The van der Waals surface area contributed by atoms with Crippen molar-refractivity contribution in [3.8, 4) is 0 Å².